The lowest BCUT2D eigenvalue weighted by Gasteiger charge is -2.22. The standard InChI is InChI=1S/C16H28N2O/c1-6-7-19-16-8-15(10-17-11-16)14(5)13(4)9-18-12(2)3/h8,10-14,18H,6-7,9H2,1-5H3. The quantitative estimate of drug-likeness (QED) is 0.779. The summed E-state index contributed by atoms with van der Waals surface area (Å²) in [5.74, 6) is 1.93. The van der Waals surface area contributed by atoms with Crippen LogP contribution < -0.4 is 10.1 Å². The molecule has 108 valence electrons. The van der Waals surface area contributed by atoms with E-state index in [9.17, 15) is 0 Å². The van der Waals surface area contributed by atoms with Crippen molar-refractivity contribution in [2.45, 2.75) is 53.0 Å². The largest absolute Gasteiger partial charge is 0.492 e. The Balaban J connectivity index is 2.62. The minimum absolute atomic E-state index is 0.476. The van der Waals surface area contributed by atoms with Crippen molar-refractivity contribution in [3.63, 3.8) is 0 Å². The van der Waals surface area contributed by atoms with Crippen LogP contribution in [0.4, 0.5) is 0 Å². The van der Waals surface area contributed by atoms with Crippen LogP contribution in [0.25, 0.3) is 0 Å². The normalized spacial score (nSPS) is 14.4. The summed E-state index contributed by atoms with van der Waals surface area (Å²) in [4.78, 5) is 4.29. The molecule has 0 spiro atoms. The molecule has 1 heterocycles. The Bertz CT molecular complexity index is 366. The van der Waals surface area contributed by atoms with Gasteiger partial charge in [0.15, 0.2) is 0 Å². The number of hydrogen-bond donors (Lipinski definition) is 1. The van der Waals surface area contributed by atoms with Crippen LogP contribution in [0.3, 0.4) is 0 Å². The molecule has 1 aromatic rings. The molecule has 1 rings (SSSR count). The minimum atomic E-state index is 0.476. The Kier molecular flexibility index (Phi) is 6.85. The van der Waals surface area contributed by atoms with Crippen molar-refractivity contribution in [1.82, 2.24) is 10.3 Å². The molecule has 0 fully saturated rings. The highest BCUT2D eigenvalue weighted by atomic mass is 16.5. The van der Waals surface area contributed by atoms with Crippen LogP contribution >= 0.6 is 0 Å². The number of ether oxygens (including phenoxy) is 1. The average Bonchev–Trinajstić information content (AvgIpc) is 2.41. The zero-order chi connectivity index (χ0) is 14.3. The Hall–Kier alpha value is -1.09. The van der Waals surface area contributed by atoms with Gasteiger partial charge in [0, 0.05) is 12.2 Å². The molecule has 0 amide bonds. The van der Waals surface area contributed by atoms with Crippen LogP contribution in [0.2, 0.25) is 0 Å². The molecule has 2 unspecified atom stereocenters. The monoisotopic (exact) mass is 264 g/mol. The summed E-state index contributed by atoms with van der Waals surface area (Å²) >= 11 is 0. The van der Waals surface area contributed by atoms with Crippen molar-refractivity contribution < 1.29 is 4.74 Å². The van der Waals surface area contributed by atoms with Crippen molar-refractivity contribution >= 4 is 0 Å². The maximum Gasteiger partial charge on any atom is 0.137 e. The van der Waals surface area contributed by atoms with Crippen molar-refractivity contribution in [2.75, 3.05) is 13.2 Å². The van der Waals surface area contributed by atoms with Crippen LogP contribution in [0.5, 0.6) is 5.75 Å². The molecule has 19 heavy (non-hydrogen) atoms. The summed E-state index contributed by atoms with van der Waals surface area (Å²) in [6.45, 7) is 12.8. The number of aromatic nitrogens is 1. The van der Waals surface area contributed by atoms with Crippen molar-refractivity contribution in [1.29, 1.82) is 0 Å². The van der Waals surface area contributed by atoms with Gasteiger partial charge in [-0.25, -0.2) is 0 Å². The Labute approximate surface area is 117 Å². The summed E-state index contributed by atoms with van der Waals surface area (Å²) in [6, 6.07) is 2.66. The molecule has 0 aliphatic carbocycles. The fourth-order valence-corrected chi connectivity index (χ4v) is 1.91. The molecule has 0 aromatic carbocycles. The van der Waals surface area contributed by atoms with Crippen molar-refractivity contribution in [3.8, 4) is 5.75 Å². The molecule has 0 radical (unpaired) electrons. The molecular weight excluding hydrogens is 236 g/mol. The lowest BCUT2D eigenvalue weighted by Crippen LogP contribution is -2.29. The van der Waals surface area contributed by atoms with Gasteiger partial charge >= 0.3 is 0 Å². The number of nitrogens with zero attached hydrogens (tertiary/aromatic N) is 1. The first kappa shape index (κ1) is 16.0. The van der Waals surface area contributed by atoms with E-state index >= 15 is 0 Å². The molecule has 0 saturated carbocycles. The SMILES string of the molecule is CCCOc1cncc(C(C)C(C)CNC(C)C)c1. The molecule has 0 bridgehead atoms. The molecule has 3 nitrogen and oxygen atoms in total. The maximum absolute atomic E-state index is 5.65. The predicted molar refractivity (Wildman–Crippen MR) is 80.7 cm³/mol. The van der Waals surface area contributed by atoms with Gasteiger partial charge < -0.3 is 10.1 Å². The number of pyridine rings is 1. The Morgan fingerprint density at radius 2 is 1.95 bits per heavy atom. The average molecular weight is 264 g/mol. The second kappa shape index (κ2) is 8.16. The van der Waals surface area contributed by atoms with E-state index in [1.54, 1.807) is 6.20 Å². The third-order valence-corrected chi connectivity index (χ3v) is 3.43. The van der Waals surface area contributed by atoms with Gasteiger partial charge in [0.05, 0.1) is 12.8 Å². The van der Waals surface area contributed by atoms with Gasteiger partial charge in [0.1, 0.15) is 5.75 Å². The molecule has 1 N–H and O–H groups in total. The highest BCUT2D eigenvalue weighted by Crippen LogP contribution is 2.25. The zero-order valence-electron chi connectivity index (χ0n) is 12.9. The van der Waals surface area contributed by atoms with E-state index in [0.29, 0.717) is 17.9 Å². The van der Waals surface area contributed by atoms with Gasteiger partial charge in [-0.05, 0) is 36.4 Å². The highest BCUT2D eigenvalue weighted by molar-refractivity contribution is 5.26. The third kappa shape index (κ3) is 5.60. The first-order valence-electron chi connectivity index (χ1n) is 7.35. The van der Waals surface area contributed by atoms with Gasteiger partial charge in [0.25, 0.3) is 0 Å². The fraction of sp³-hybridized carbons (Fsp3) is 0.688. The molecular formula is C16H28N2O. The fourth-order valence-electron chi connectivity index (χ4n) is 1.91. The Morgan fingerprint density at radius 1 is 1.21 bits per heavy atom. The summed E-state index contributed by atoms with van der Waals surface area (Å²) in [5.41, 5.74) is 1.26. The van der Waals surface area contributed by atoms with Crippen LogP contribution in [0, 0.1) is 5.92 Å². The topological polar surface area (TPSA) is 34.1 Å². The van der Waals surface area contributed by atoms with E-state index in [1.807, 2.05) is 6.20 Å². The molecule has 3 heteroatoms. The van der Waals surface area contributed by atoms with Crippen LogP contribution in [0.15, 0.2) is 18.5 Å². The summed E-state index contributed by atoms with van der Waals surface area (Å²) in [5, 5.41) is 3.49. The summed E-state index contributed by atoms with van der Waals surface area (Å²) in [7, 11) is 0. The molecule has 1 aromatic heterocycles. The second-order valence-electron chi connectivity index (χ2n) is 5.63. The van der Waals surface area contributed by atoms with E-state index in [-0.39, 0.29) is 0 Å². The number of rotatable bonds is 8. The highest BCUT2D eigenvalue weighted by Gasteiger charge is 2.15. The molecule has 0 aliphatic rings. The van der Waals surface area contributed by atoms with E-state index in [2.05, 4.69) is 51.0 Å². The minimum Gasteiger partial charge on any atom is -0.492 e. The van der Waals surface area contributed by atoms with Gasteiger partial charge in [-0.1, -0.05) is 34.6 Å². The van der Waals surface area contributed by atoms with Gasteiger partial charge in [-0.3, -0.25) is 4.98 Å². The van der Waals surface area contributed by atoms with Gasteiger partial charge in [0.2, 0.25) is 0 Å². The van der Waals surface area contributed by atoms with Crippen molar-refractivity contribution in [3.05, 3.63) is 24.0 Å². The first-order valence-corrected chi connectivity index (χ1v) is 7.35. The van der Waals surface area contributed by atoms with E-state index < -0.39 is 0 Å². The lowest BCUT2D eigenvalue weighted by atomic mass is 9.89. The van der Waals surface area contributed by atoms with Crippen LogP contribution in [-0.2, 0) is 0 Å². The van der Waals surface area contributed by atoms with Gasteiger partial charge in [-0.15, -0.1) is 0 Å². The summed E-state index contributed by atoms with van der Waals surface area (Å²) < 4.78 is 5.65. The van der Waals surface area contributed by atoms with E-state index in [0.717, 1.165) is 25.3 Å². The van der Waals surface area contributed by atoms with Crippen LogP contribution in [-0.4, -0.2) is 24.2 Å². The third-order valence-electron chi connectivity index (χ3n) is 3.43. The van der Waals surface area contributed by atoms with E-state index in [4.69, 9.17) is 4.74 Å². The van der Waals surface area contributed by atoms with Crippen LogP contribution in [0.1, 0.15) is 52.5 Å². The summed E-state index contributed by atoms with van der Waals surface area (Å²) in [6.07, 6.45) is 4.77. The molecule has 0 aliphatic heterocycles. The lowest BCUT2D eigenvalue weighted by molar-refractivity contribution is 0.315. The predicted octanol–water partition coefficient (Wildman–Crippen LogP) is 3.61. The van der Waals surface area contributed by atoms with E-state index in [1.165, 1.54) is 5.56 Å². The van der Waals surface area contributed by atoms with Gasteiger partial charge in [-0.2, -0.15) is 0 Å². The second-order valence-corrected chi connectivity index (χ2v) is 5.63. The number of hydrogen-bond acceptors (Lipinski definition) is 3. The smallest absolute Gasteiger partial charge is 0.137 e. The van der Waals surface area contributed by atoms with Crippen molar-refractivity contribution in [2.24, 2.45) is 5.92 Å². The Morgan fingerprint density at radius 3 is 2.58 bits per heavy atom. The maximum atomic E-state index is 5.65. The number of nitrogens with one attached hydrogen (secondary N) is 1. The zero-order valence-corrected chi connectivity index (χ0v) is 12.9. The first-order chi connectivity index (χ1) is 9.04. The molecule has 2 atom stereocenters. The molecule has 0 saturated heterocycles.